The molecule has 0 atom stereocenters. The van der Waals surface area contributed by atoms with Crippen molar-refractivity contribution in [2.75, 3.05) is 11.5 Å². The Kier molecular flexibility index (Phi) is 10.2. The normalized spacial score (nSPS) is 8.00. The van der Waals surface area contributed by atoms with Crippen LogP contribution in [-0.2, 0) is 0 Å². The molecule has 0 amide bonds. The molecule has 0 saturated heterocycles. The van der Waals surface area contributed by atoms with Gasteiger partial charge in [0.2, 0.25) is 0 Å². The van der Waals surface area contributed by atoms with Crippen molar-refractivity contribution in [2.45, 2.75) is 0 Å². The van der Waals surface area contributed by atoms with Crippen molar-refractivity contribution < 1.29 is 0 Å². The molecular formula is C12H16S. The molecule has 1 rings (SSSR count). The van der Waals surface area contributed by atoms with E-state index in [-0.39, 0.29) is 0 Å². The van der Waals surface area contributed by atoms with Gasteiger partial charge in [-0.25, -0.2) is 0 Å². The van der Waals surface area contributed by atoms with Gasteiger partial charge in [0.15, 0.2) is 0 Å². The lowest BCUT2D eigenvalue weighted by atomic mass is 10.4. The van der Waals surface area contributed by atoms with Crippen LogP contribution >= 0.6 is 11.8 Å². The first-order valence-corrected chi connectivity index (χ1v) is 5.37. The van der Waals surface area contributed by atoms with Gasteiger partial charge in [-0.15, -0.1) is 13.2 Å². The smallest absolute Gasteiger partial charge is 0.0113 e. The van der Waals surface area contributed by atoms with Crippen LogP contribution in [0.1, 0.15) is 0 Å². The minimum absolute atomic E-state index is 1.03. The summed E-state index contributed by atoms with van der Waals surface area (Å²) in [5.41, 5.74) is 0. The van der Waals surface area contributed by atoms with Gasteiger partial charge in [0.25, 0.3) is 0 Å². The van der Waals surface area contributed by atoms with Gasteiger partial charge in [-0.3, -0.25) is 0 Å². The molecule has 0 spiro atoms. The van der Waals surface area contributed by atoms with E-state index < -0.39 is 0 Å². The molecule has 1 aromatic rings. The first-order valence-electron chi connectivity index (χ1n) is 4.21. The quantitative estimate of drug-likeness (QED) is 0.517. The van der Waals surface area contributed by atoms with Gasteiger partial charge in [0, 0.05) is 11.5 Å². The molecule has 13 heavy (non-hydrogen) atoms. The topological polar surface area (TPSA) is 0 Å². The van der Waals surface area contributed by atoms with E-state index in [9.17, 15) is 0 Å². The summed E-state index contributed by atoms with van der Waals surface area (Å²) in [5, 5.41) is 0. The Labute approximate surface area is 85.4 Å². The summed E-state index contributed by atoms with van der Waals surface area (Å²) >= 11 is 1.82. The predicted molar refractivity (Wildman–Crippen MR) is 64.2 cm³/mol. The van der Waals surface area contributed by atoms with Gasteiger partial charge >= 0.3 is 0 Å². The number of rotatable bonds is 4. The largest absolute Gasteiger partial charge is 0.154 e. The average Bonchev–Trinajstić information content (AvgIpc) is 2.22. The van der Waals surface area contributed by atoms with Crippen LogP contribution in [0.2, 0.25) is 0 Å². The Morgan fingerprint density at radius 1 is 0.769 bits per heavy atom. The molecule has 1 aromatic carbocycles. The summed E-state index contributed by atoms with van der Waals surface area (Å²) in [6.07, 6.45) is 3.79. The van der Waals surface area contributed by atoms with Crippen LogP contribution in [0.25, 0.3) is 0 Å². The lowest BCUT2D eigenvalue weighted by Crippen LogP contribution is -1.69. The predicted octanol–water partition coefficient (Wildman–Crippen LogP) is 3.78. The fraction of sp³-hybridized carbons (Fsp3) is 0.167. The molecule has 70 valence electrons. The van der Waals surface area contributed by atoms with Crippen molar-refractivity contribution in [1.82, 2.24) is 0 Å². The molecule has 0 unspecified atom stereocenters. The summed E-state index contributed by atoms with van der Waals surface area (Å²) in [7, 11) is 0. The Bertz CT molecular complexity index is 169. The van der Waals surface area contributed by atoms with Crippen molar-refractivity contribution >= 4 is 11.8 Å². The van der Waals surface area contributed by atoms with E-state index in [0.29, 0.717) is 0 Å². The summed E-state index contributed by atoms with van der Waals surface area (Å²) < 4.78 is 0. The van der Waals surface area contributed by atoms with Crippen molar-refractivity contribution in [2.24, 2.45) is 0 Å². The standard InChI is InChI=1S/C6H10S.C6H6/c1-3-5-7-6-4-2;1-2-4-6-5-3-1/h3-4H,1-2,5-6H2;1-6H. The first kappa shape index (κ1) is 12.0. The van der Waals surface area contributed by atoms with Crippen LogP contribution in [0.5, 0.6) is 0 Å². The molecule has 0 aromatic heterocycles. The molecule has 0 aliphatic carbocycles. The zero-order valence-electron chi connectivity index (χ0n) is 7.86. The van der Waals surface area contributed by atoms with E-state index >= 15 is 0 Å². The molecular weight excluding hydrogens is 176 g/mol. The van der Waals surface area contributed by atoms with Gasteiger partial charge < -0.3 is 0 Å². The summed E-state index contributed by atoms with van der Waals surface area (Å²) in [5.74, 6) is 2.07. The molecule has 0 radical (unpaired) electrons. The van der Waals surface area contributed by atoms with Gasteiger partial charge in [0.05, 0.1) is 0 Å². The van der Waals surface area contributed by atoms with Crippen LogP contribution in [0.15, 0.2) is 61.7 Å². The zero-order valence-corrected chi connectivity index (χ0v) is 8.67. The van der Waals surface area contributed by atoms with Crippen molar-refractivity contribution in [3.05, 3.63) is 61.7 Å². The molecule has 0 saturated carbocycles. The van der Waals surface area contributed by atoms with Gasteiger partial charge in [-0.1, -0.05) is 48.6 Å². The van der Waals surface area contributed by atoms with Crippen LogP contribution in [0.3, 0.4) is 0 Å². The highest BCUT2D eigenvalue weighted by molar-refractivity contribution is 7.99. The highest BCUT2D eigenvalue weighted by atomic mass is 32.2. The van der Waals surface area contributed by atoms with E-state index in [1.165, 1.54) is 0 Å². The number of hydrogen-bond donors (Lipinski definition) is 0. The SMILES string of the molecule is C=CCSCC=C.c1ccccc1. The Morgan fingerprint density at radius 3 is 1.31 bits per heavy atom. The van der Waals surface area contributed by atoms with Crippen LogP contribution in [0.4, 0.5) is 0 Å². The number of benzene rings is 1. The highest BCUT2D eigenvalue weighted by Gasteiger charge is 1.73. The second-order valence-corrected chi connectivity index (χ2v) is 3.34. The fourth-order valence-electron chi connectivity index (χ4n) is 0.620. The Balaban J connectivity index is 0.000000223. The second kappa shape index (κ2) is 11.1. The molecule has 0 nitrogen and oxygen atoms in total. The first-order chi connectivity index (χ1) is 6.41. The van der Waals surface area contributed by atoms with E-state index in [1.54, 1.807) is 0 Å². The summed E-state index contributed by atoms with van der Waals surface area (Å²) in [4.78, 5) is 0. The molecule has 0 bridgehead atoms. The molecule has 0 aliphatic rings. The van der Waals surface area contributed by atoms with Crippen LogP contribution < -0.4 is 0 Å². The highest BCUT2D eigenvalue weighted by Crippen LogP contribution is 1.97. The van der Waals surface area contributed by atoms with E-state index in [2.05, 4.69) is 13.2 Å². The van der Waals surface area contributed by atoms with Crippen molar-refractivity contribution in [3.8, 4) is 0 Å². The van der Waals surface area contributed by atoms with E-state index in [4.69, 9.17) is 0 Å². The Morgan fingerprint density at radius 2 is 1.08 bits per heavy atom. The lowest BCUT2D eigenvalue weighted by molar-refractivity contribution is 1.72. The second-order valence-electron chi connectivity index (χ2n) is 2.27. The average molecular weight is 192 g/mol. The minimum atomic E-state index is 1.03. The lowest BCUT2D eigenvalue weighted by Gasteiger charge is -1.85. The third-order valence-electron chi connectivity index (χ3n) is 1.14. The third kappa shape index (κ3) is 11.0. The van der Waals surface area contributed by atoms with Gasteiger partial charge in [-0.2, -0.15) is 11.8 Å². The summed E-state index contributed by atoms with van der Waals surface area (Å²) in [6, 6.07) is 12.0. The van der Waals surface area contributed by atoms with Crippen LogP contribution in [0, 0.1) is 0 Å². The maximum Gasteiger partial charge on any atom is 0.0113 e. The van der Waals surface area contributed by atoms with E-state index in [1.807, 2.05) is 60.3 Å². The molecule has 0 heterocycles. The monoisotopic (exact) mass is 192 g/mol. The fourth-order valence-corrected chi connectivity index (χ4v) is 1.09. The van der Waals surface area contributed by atoms with E-state index in [0.717, 1.165) is 11.5 Å². The maximum atomic E-state index is 3.58. The molecule has 1 heteroatoms. The molecule has 0 N–H and O–H groups in total. The third-order valence-corrected chi connectivity index (χ3v) is 2.08. The van der Waals surface area contributed by atoms with Gasteiger partial charge in [-0.05, 0) is 0 Å². The van der Waals surface area contributed by atoms with Crippen molar-refractivity contribution in [1.29, 1.82) is 0 Å². The minimum Gasteiger partial charge on any atom is -0.154 e. The molecule has 0 fully saturated rings. The number of hydrogen-bond acceptors (Lipinski definition) is 1. The Hall–Kier alpha value is -0.950. The van der Waals surface area contributed by atoms with Gasteiger partial charge in [0.1, 0.15) is 0 Å². The summed E-state index contributed by atoms with van der Waals surface area (Å²) in [6.45, 7) is 7.15. The molecule has 0 aliphatic heterocycles. The zero-order chi connectivity index (χ0) is 9.78. The number of thioether (sulfide) groups is 1. The maximum absolute atomic E-state index is 3.58. The van der Waals surface area contributed by atoms with Crippen LogP contribution in [-0.4, -0.2) is 11.5 Å². The van der Waals surface area contributed by atoms with Crippen molar-refractivity contribution in [3.63, 3.8) is 0 Å².